The van der Waals surface area contributed by atoms with Gasteiger partial charge in [0.15, 0.2) is 6.10 Å². The molecule has 0 N–H and O–H groups in total. The van der Waals surface area contributed by atoms with Gasteiger partial charge in [-0.05, 0) is 63.3 Å². The van der Waals surface area contributed by atoms with Crippen LogP contribution in [0.1, 0.15) is 37.3 Å². The summed E-state index contributed by atoms with van der Waals surface area (Å²) in [5.74, 6) is 0.888. The number of carbonyl (C=O) groups excluding carboxylic acids is 1. The normalized spacial score (nSPS) is 17.1. The number of rotatable bonds is 3. The van der Waals surface area contributed by atoms with Crippen LogP contribution in [0.4, 0.5) is 0 Å². The van der Waals surface area contributed by atoms with E-state index in [0.717, 1.165) is 31.7 Å². The van der Waals surface area contributed by atoms with Crippen molar-refractivity contribution >= 4 is 5.91 Å². The Morgan fingerprint density at radius 3 is 2.47 bits per heavy atom. The van der Waals surface area contributed by atoms with Crippen LogP contribution in [0.2, 0.25) is 0 Å². The largest absolute Gasteiger partial charge is 0.481 e. The number of ether oxygens (including phenoxy) is 1. The minimum absolute atomic E-state index is 0.109. The number of nitrogens with zero attached hydrogens (tertiary/aromatic N) is 1. The van der Waals surface area contributed by atoms with Gasteiger partial charge in [0.2, 0.25) is 0 Å². The maximum Gasteiger partial charge on any atom is 0.263 e. The molecule has 1 saturated heterocycles. The van der Waals surface area contributed by atoms with Crippen LogP contribution in [-0.4, -0.2) is 30.0 Å². The molecule has 3 heteroatoms. The summed E-state index contributed by atoms with van der Waals surface area (Å²) in [6.45, 7) is 7.71. The van der Waals surface area contributed by atoms with Gasteiger partial charge in [0.05, 0.1) is 0 Å². The molecule has 0 spiro atoms. The van der Waals surface area contributed by atoms with Crippen molar-refractivity contribution in [1.82, 2.24) is 4.90 Å². The lowest BCUT2D eigenvalue weighted by molar-refractivity contribution is -0.138. The molecule has 0 saturated carbocycles. The summed E-state index contributed by atoms with van der Waals surface area (Å²) in [6, 6.07) is 5.96. The molecular formula is C16H23NO2. The maximum atomic E-state index is 12.3. The van der Waals surface area contributed by atoms with E-state index < -0.39 is 6.10 Å². The molecule has 1 amide bonds. The Hall–Kier alpha value is -1.51. The van der Waals surface area contributed by atoms with E-state index in [1.807, 2.05) is 30.0 Å². The second kappa shape index (κ2) is 6.09. The number of hydrogen-bond acceptors (Lipinski definition) is 2. The first kappa shape index (κ1) is 13.9. The van der Waals surface area contributed by atoms with Gasteiger partial charge in [0, 0.05) is 13.1 Å². The van der Waals surface area contributed by atoms with Gasteiger partial charge in [-0.25, -0.2) is 0 Å². The standard InChI is InChI=1S/C16H23NO2/c1-12-7-8-15(11-13(12)2)19-14(3)16(18)17-9-5-4-6-10-17/h7-8,11,14H,4-6,9-10H2,1-3H3/t14-/m1/s1. The highest BCUT2D eigenvalue weighted by molar-refractivity contribution is 5.81. The molecule has 0 bridgehead atoms. The number of hydrogen-bond donors (Lipinski definition) is 0. The first-order valence-corrected chi connectivity index (χ1v) is 7.10. The number of likely N-dealkylation sites (tertiary alicyclic amines) is 1. The Balaban J connectivity index is 1.97. The quantitative estimate of drug-likeness (QED) is 0.837. The topological polar surface area (TPSA) is 29.5 Å². The van der Waals surface area contributed by atoms with E-state index in [2.05, 4.69) is 13.8 Å². The van der Waals surface area contributed by atoms with Crippen molar-refractivity contribution in [3.05, 3.63) is 29.3 Å². The number of aryl methyl sites for hydroxylation is 2. The molecule has 104 valence electrons. The monoisotopic (exact) mass is 261 g/mol. The molecule has 1 aromatic carbocycles. The average molecular weight is 261 g/mol. The van der Waals surface area contributed by atoms with Crippen LogP contribution in [-0.2, 0) is 4.79 Å². The Labute approximate surface area is 115 Å². The zero-order valence-corrected chi connectivity index (χ0v) is 12.1. The van der Waals surface area contributed by atoms with Crippen molar-refractivity contribution < 1.29 is 9.53 Å². The molecule has 19 heavy (non-hydrogen) atoms. The Bertz CT molecular complexity index is 450. The Morgan fingerprint density at radius 1 is 1.16 bits per heavy atom. The average Bonchev–Trinajstić information content (AvgIpc) is 2.43. The zero-order chi connectivity index (χ0) is 13.8. The van der Waals surface area contributed by atoms with Crippen molar-refractivity contribution in [3.63, 3.8) is 0 Å². The predicted molar refractivity (Wildman–Crippen MR) is 76.4 cm³/mol. The van der Waals surface area contributed by atoms with Crippen LogP contribution in [0.15, 0.2) is 18.2 Å². The highest BCUT2D eigenvalue weighted by Gasteiger charge is 2.23. The lowest BCUT2D eigenvalue weighted by Crippen LogP contribution is -2.43. The van der Waals surface area contributed by atoms with E-state index in [1.54, 1.807) is 0 Å². The molecule has 1 aliphatic heterocycles. The summed E-state index contributed by atoms with van der Waals surface area (Å²) in [6.07, 6.45) is 3.06. The van der Waals surface area contributed by atoms with E-state index in [9.17, 15) is 4.79 Å². The fourth-order valence-electron chi connectivity index (χ4n) is 2.41. The first-order chi connectivity index (χ1) is 9.08. The minimum Gasteiger partial charge on any atom is -0.481 e. The number of amides is 1. The fourth-order valence-corrected chi connectivity index (χ4v) is 2.41. The van der Waals surface area contributed by atoms with Gasteiger partial charge >= 0.3 is 0 Å². The fraction of sp³-hybridized carbons (Fsp3) is 0.562. The van der Waals surface area contributed by atoms with Gasteiger partial charge in [0.25, 0.3) is 5.91 Å². The second-order valence-corrected chi connectivity index (χ2v) is 5.39. The lowest BCUT2D eigenvalue weighted by atomic mass is 10.1. The molecule has 0 radical (unpaired) electrons. The van der Waals surface area contributed by atoms with Gasteiger partial charge in [-0.3, -0.25) is 4.79 Å². The zero-order valence-electron chi connectivity index (χ0n) is 12.1. The number of carbonyl (C=O) groups is 1. The molecule has 1 heterocycles. The van der Waals surface area contributed by atoms with Crippen molar-refractivity contribution in [2.45, 2.75) is 46.1 Å². The van der Waals surface area contributed by atoms with Crippen molar-refractivity contribution in [1.29, 1.82) is 0 Å². The Kier molecular flexibility index (Phi) is 4.46. The number of piperidine rings is 1. The highest BCUT2D eigenvalue weighted by atomic mass is 16.5. The van der Waals surface area contributed by atoms with Crippen LogP contribution in [0.3, 0.4) is 0 Å². The van der Waals surface area contributed by atoms with E-state index in [4.69, 9.17) is 4.74 Å². The lowest BCUT2D eigenvalue weighted by Gasteiger charge is -2.29. The summed E-state index contributed by atoms with van der Waals surface area (Å²) >= 11 is 0. The van der Waals surface area contributed by atoms with Gasteiger partial charge in [-0.2, -0.15) is 0 Å². The van der Waals surface area contributed by atoms with Crippen molar-refractivity contribution in [3.8, 4) is 5.75 Å². The van der Waals surface area contributed by atoms with Crippen LogP contribution in [0, 0.1) is 13.8 Å². The number of benzene rings is 1. The molecule has 1 aromatic rings. The third-order valence-corrected chi connectivity index (χ3v) is 3.81. The molecule has 1 fully saturated rings. The van der Waals surface area contributed by atoms with Crippen molar-refractivity contribution in [2.24, 2.45) is 0 Å². The smallest absolute Gasteiger partial charge is 0.263 e. The van der Waals surface area contributed by atoms with Crippen LogP contribution in [0.25, 0.3) is 0 Å². The second-order valence-electron chi connectivity index (χ2n) is 5.39. The van der Waals surface area contributed by atoms with E-state index >= 15 is 0 Å². The molecule has 3 nitrogen and oxygen atoms in total. The van der Waals surface area contributed by atoms with Crippen molar-refractivity contribution in [2.75, 3.05) is 13.1 Å². The summed E-state index contributed by atoms with van der Waals surface area (Å²) in [4.78, 5) is 14.2. The van der Waals surface area contributed by atoms with E-state index in [-0.39, 0.29) is 5.91 Å². The summed E-state index contributed by atoms with van der Waals surface area (Å²) in [5, 5.41) is 0. The molecule has 2 rings (SSSR count). The molecular weight excluding hydrogens is 238 g/mol. The maximum absolute atomic E-state index is 12.3. The van der Waals surface area contributed by atoms with E-state index in [0.29, 0.717) is 0 Å². The minimum atomic E-state index is -0.403. The molecule has 0 aromatic heterocycles. The Morgan fingerprint density at radius 2 is 1.84 bits per heavy atom. The van der Waals surface area contributed by atoms with Crippen LogP contribution >= 0.6 is 0 Å². The van der Waals surface area contributed by atoms with E-state index in [1.165, 1.54) is 17.5 Å². The molecule has 1 atom stereocenters. The summed E-state index contributed by atoms with van der Waals surface area (Å²) in [7, 11) is 0. The SMILES string of the molecule is Cc1ccc(O[C@H](C)C(=O)N2CCCCC2)cc1C. The summed E-state index contributed by atoms with van der Waals surface area (Å²) < 4.78 is 5.77. The highest BCUT2D eigenvalue weighted by Crippen LogP contribution is 2.19. The molecule has 1 aliphatic rings. The van der Waals surface area contributed by atoms with Gasteiger partial charge in [-0.15, -0.1) is 0 Å². The van der Waals surface area contributed by atoms with Crippen LogP contribution < -0.4 is 4.74 Å². The third kappa shape index (κ3) is 3.49. The third-order valence-electron chi connectivity index (χ3n) is 3.81. The first-order valence-electron chi connectivity index (χ1n) is 7.10. The summed E-state index contributed by atoms with van der Waals surface area (Å²) in [5.41, 5.74) is 2.43. The van der Waals surface area contributed by atoms with Crippen LogP contribution in [0.5, 0.6) is 5.75 Å². The molecule has 0 unspecified atom stereocenters. The van der Waals surface area contributed by atoms with Gasteiger partial charge in [-0.1, -0.05) is 6.07 Å². The predicted octanol–water partition coefficient (Wildman–Crippen LogP) is 3.08. The van der Waals surface area contributed by atoms with Gasteiger partial charge in [0.1, 0.15) is 5.75 Å². The molecule has 0 aliphatic carbocycles. The van der Waals surface area contributed by atoms with Gasteiger partial charge < -0.3 is 9.64 Å².